The highest BCUT2D eigenvalue weighted by atomic mass is 19.1. The summed E-state index contributed by atoms with van der Waals surface area (Å²) in [5.74, 6) is -0.790. The minimum Gasteiger partial charge on any atom is -0.381 e. The van der Waals surface area contributed by atoms with E-state index in [1.165, 1.54) is 23.6 Å². The van der Waals surface area contributed by atoms with Gasteiger partial charge in [0.1, 0.15) is 11.6 Å². The maximum atomic E-state index is 13.5. The Hall–Kier alpha value is -1.90. The van der Waals surface area contributed by atoms with E-state index in [4.69, 9.17) is 0 Å². The van der Waals surface area contributed by atoms with E-state index in [2.05, 4.69) is 17.4 Å². The van der Waals surface area contributed by atoms with Crippen LogP contribution in [0.3, 0.4) is 0 Å². The Morgan fingerprint density at radius 2 is 1.79 bits per heavy atom. The normalized spacial score (nSPS) is 13.4. The number of nitrogens with one attached hydrogen (secondary N) is 1. The molecule has 0 saturated heterocycles. The van der Waals surface area contributed by atoms with Crippen LogP contribution < -0.4 is 5.32 Å². The first-order valence-electron chi connectivity index (χ1n) is 6.52. The minimum atomic E-state index is -0.410. The molecule has 0 bridgehead atoms. The number of halogens is 2. The average molecular weight is 259 g/mol. The van der Waals surface area contributed by atoms with E-state index >= 15 is 0 Å². The fraction of sp³-hybridized carbons (Fsp3) is 0.250. The van der Waals surface area contributed by atoms with Gasteiger partial charge in [0.05, 0.1) is 0 Å². The van der Waals surface area contributed by atoms with Gasteiger partial charge in [0.15, 0.2) is 0 Å². The SMILES string of the molecule is Fc1ccc(F)c(CNc2ccc3c(c2)CCC3)c1. The minimum absolute atomic E-state index is 0.294. The van der Waals surface area contributed by atoms with E-state index in [-0.39, 0.29) is 5.82 Å². The number of rotatable bonds is 3. The molecular formula is C16H15F2N. The zero-order valence-electron chi connectivity index (χ0n) is 10.5. The van der Waals surface area contributed by atoms with Gasteiger partial charge < -0.3 is 5.32 Å². The van der Waals surface area contributed by atoms with Gasteiger partial charge in [-0.1, -0.05) is 6.07 Å². The van der Waals surface area contributed by atoms with Crippen molar-refractivity contribution in [3.8, 4) is 0 Å². The number of fused-ring (bicyclic) bond motifs is 1. The van der Waals surface area contributed by atoms with E-state index in [0.717, 1.165) is 30.7 Å². The van der Waals surface area contributed by atoms with Crippen molar-refractivity contribution in [1.29, 1.82) is 0 Å². The molecule has 2 aromatic rings. The van der Waals surface area contributed by atoms with Gasteiger partial charge >= 0.3 is 0 Å². The summed E-state index contributed by atoms with van der Waals surface area (Å²) in [6.45, 7) is 0.294. The van der Waals surface area contributed by atoms with E-state index in [9.17, 15) is 8.78 Å². The molecular weight excluding hydrogens is 244 g/mol. The summed E-state index contributed by atoms with van der Waals surface area (Å²) in [5.41, 5.74) is 4.08. The molecule has 1 aliphatic rings. The second-order valence-electron chi connectivity index (χ2n) is 4.93. The smallest absolute Gasteiger partial charge is 0.128 e. The predicted octanol–water partition coefficient (Wildman–Crippen LogP) is 4.07. The Kier molecular flexibility index (Phi) is 3.20. The molecule has 19 heavy (non-hydrogen) atoms. The van der Waals surface area contributed by atoms with Gasteiger partial charge in [-0.05, 0) is 60.7 Å². The Morgan fingerprint density at radius 3 is 2.68 bits per heavy atom. The highest BCUT2D eigenvalue weighted by Crippen LogP contribution is 2.25. The fourth-order valence-electron chi connectivity index (χ4n) is 2.56. The van der Waals surface area contributed by atoms with Crippen LogP contribution in [0.15, 0.2) is 36.4 Å². The molecule has 0 spiro atoms. The molecule has 1 N–H and O–H groups in total. The molecule has 0 radical (unpaired) electrons. The van der Waals surface area contributed by atoms with Crippen LogP contribution in [0.25, 0.3) is 0 Å². The summed E-state index contributed by atoms with van der Waals surface area (Å²) in [4.78, 5) is 0. The first kappa shape index (κ1) is 12.2. The summed E-state index contributed by atoms with van der Waals surface area (Å²) < 4.78 is 26.5. The number of anilines is 1. The lowest BCUT2D eigenvalue weighted by atomic mass is 10.1. The van der Waals surface area contributed by atoms with Crippen LogP contribution in [-0.2, 0) is 19.4 Å². The van der Waals surface area contributed by atoms with Crippen LogP contribution in [0.1, 0.15) is 23.1 Å². The molecule has 0 saturated carbocycles. The van der Waals surface area contributed by atoms with Gasteiger partial charge in [0.25, 0.3) is 0 Å². The van der Waals surface area contributed by atoms with Crippen molar-refractivity contribution in [1.82, 2.24) is 0 Å². The first-order chi connectivity index (χ1) is 9.22. The Balaban J connectivity index is 1.74. The monoisotopic (exact) mass is 259 g/mol. The third-order valence-electron chi connectivity index (χ3n) is 3.59. The summed E-state index contributed by atoms with van der Waals surface area (Å²) >= 11 is 0. The molecule has 0 amide bonds. The van der Waals surface area contributed by atoms with Gasteiger partial charge in [-0.15, -0.1) is 0 Å². The highest BCUT2D eigenvalue weighted by Gasteiger charge is 2.11. The molecule has 1 aliphatic carbocycles. The van der Waals surface area contributed by atoms with Crippen molar-refractivity contribution >= 4 is 5.69 Å². The lowest BCUT2D eigenvalue weighted by molar-refractivity contribution is 0.587. The zero-order chi connectivity index (χ0) is 13.2. The quantitative estimate of drug-likeness (QED) is 0.876. The first-order valence-corrected chi connectivity index (χ1v) is 6.52. The maximum absolute atomic E-state index is 13.5. The van der Waals surface area contributed by atoms with Crippen LogP contribution >= 0.6 is 0 Å². The number of hydrogen-bond donors (Lipinski definition) is 1. The predicted molar refractivity (Wildman–Crippen MR) is 72.2 cm³/mol. The van der Waals surface area contributed by atoms with Crippen LogP contribution in [0.2, 0.25) is 0 Å². The second kappa shape index (κ2) is 5.00. The lowest BCUT2D eigenvalue weighted by Crippen LogP contribution is -2.02. The zero-order valence-corrected chi connectivity index (χ0v) is 10.5. The standard InChI is InChI=1S/C16H15F2N/c17-14-5-7-16(18)13(8-14)10-19-15-6-4-11-2-1-3-12(11)9-15/h4-9,19H,1-3,10H2. The Bertz CT molecular complexity index is 608. The molecule has 0 heterocycles. The van der Waals surface area contributed by atoms with Crippen molar-refractivity contribution in [2.75, 3.05) is 5.32 Å². The average Bonchev–Trinajstić information content (AvgIpc) is 2.87. The number of aryl methyl sites for hydroxylation is 2. The fourth-order valence-corrected chi connectivity index (χ4v) is 2.56. The van der Waals surface area contributed by atoms with E-state index in [1.807, 2.05) is 6.07 Å². The maximum Gasteiger partial charge on any atom is 0.128 e. The van der Waals surface area contributed by atoms with E-state index < -0.39 is 5.82 Å². The molecule has 0 unspecified atom stereocenters. The third kappa shape index (κ3) is 2.60. The molecule has 0 aromatic heterocycles. The van der Waals surface area contributed by atoms with Gasteiger partial charge in [-0.2, -0.15) is 0 Å². The molecule has 98 valence electrons. The summed E-state index contributed by atoms with van der Waals surface area (Å²) in [5, 5.41) is 3.15. The molecule has 0 atom stereocenters. The highest BCUT2D eigenvalue weighted by molar-refractivity contribution is 5.50. The van der Waals surface area contributed by atoms with Crippen LogP contribution in [0.4, 0.5) is 14.5 Å². The summed E-state index contributed by atoms with van der Waals surface area (Å²) in [7, 11) is 0. The number of hydrogen-bond acceptors (Lipinski definition) is 1. The van der Waals surface area contributed by atoms with Crippen molar-refractivity contribution in [2.24, 2.45) is 0 Å². The molecule has 0 fully saturated rings. The molecule has 0 aliphatic heterocycles. The molecule has 2 aromatic carbocycles. The third-order valence-corrected chi connectivity index (χ3v) is 3.59. The van der Waals surface area contributed by atoms with Gasteiger partial charge in [-0.25, -0.2) is 8.78 Å². The number of benzene rings is 2. The van der Waals surface area contributed by atoms with Crippen molar-refractivity contribution < 1.29 is 8.78 Å². The van der Waals surface area contributed by atoms with Crippen LogP contribution in [-0.4, -0.2) is 0 Å². The lowest BCUT2D eigenvalue weighted by Gasteiger charge is -2.09. The van der Waals surface area contributed by atoms with E-state index in [1.54, 1.807) is 0 Å². The Labute approximate surface area is 111 Å². The summed E-state index contributed by atoms with van der Waals surface area (Å²) in [6.07, 6.45) is 3.46. The van der Waals surface area contributed by atoms with Crippen molar-refractivity contribution in [2.45, 2.75) is 25.8 Å². The molecule has 3 rings (SSSR count). The molecule has 3 heteroatoms. The second-order valence-corrected chi connectivity index (χ2v) is 4.93. The van der Waals surface area contributed by atoms with Crippen molar-refractivity contribution in [3.63, 3.8) is 0 Å². The van der Waals surface area contributed by atoms with Crippen LogP contribution in [0.5, 0.6) is 0 Å². The largest absolute Gasteiger partial charge is 0.381 e. The molecule has 1 nitrogen and oxygen atoms in total. The van der Waals surface area contributed by atoms with Crippen LogP contribution in [0, 0.1) is 11.6 Å². The topological polar surface area (TPSA) is 12.0 Å². The van der Waals surface area contributed by atoms with Crippen molar-refractivity contribution in [3.05, 3.63) is 64.7 Å². The summed E-state index contributed by atoms with van der Waals surface area (Å²) in [6, 6.07) is 9.76. The van der Waals surface area contributed by atoms with E-state index in [0.29, 0.717) is 12.1 Å². The van der Waals surface area contributed by atoms with Gasteiger partial charge in [0.2, 0.25) is 0 Å². The Morgan fingerprint density at radius 1 is 0.947 bits per heavy atom. The van der Waals surface area contributed by atoms with Gasteiger partial charge in [-0.3, -0.25) is 0 Å². The van der Waals surface area contributed by atoms with Gasteiger partial charge in [0, 0.05) is 17.8 Å².